The molecule has 0 radical (unpaired) electrons. The highest BCUT2D eigenvalue weighted by Crippen LogP contribution is 2.37. The zero-order valence-electron chi connectivity index (χ0n) is 16.0. The number of amides is 1. The fourth-order valence-electron chi connectivity index (χ4n) is 4.15. The molecule has 1 amide bonds. The number of ether oxygens (including phenoxy) is 2. The first-order valence-corrected chi connectivity index (χ1v) is 10.1. The molecule has 2 aliphatic rings. The van der Waals surface area contributed by atoms with Gasteiger partial charge in [0.1, 0.15) is 0 Å². The summed E-state index contributed by atoms with van der Waals surface area (Å²) in [6, 6.07) is 15.9. The number of hydrogen-bond donors (Lipinski definition) is 2. The molecule has 1 aliphatic heterocycles. The van der Waals surface area contributed by atoms with Gasteiger partial charge in [-0.15, -0.1) is 0 Å². The van der Waals surface area contributed by atoms with Crippen molar-refractivity contribution < 1.29 is 19.4 Å². The van der Waals surface area contributed by atoms with Crippen LogP contribution in [0.5, 0.6) is 11.5 Å². The van der Waals surface area contributed by atoms with E-state index in [1.54, 1.807) is 0 Å². The van der Waals surface area contributed by atoms with Gasteiger partial charge in [-0.25, -0.2) is 0 Å². The second kappa shape index (κ2) is 8.23. The number of carbonyl (C=O) groups excluding carboxylic acids is 1. The molecule has 4 rings (SSSR count). The van der Waals surface area contributed by atoms with E-state index in [1.165, 1.54) is 0 Å². The van der Waals surface area contributed by atoms with Crippen molar-refractivity contribution in [3.05, 3.63) is 59.7 Å². The van der Waals surface area contributed by atoms with E-state index in [0.717, 1.165) is 54.7 Å². The van der Waals surface area contributed by atoms with E-state index in [-0.39, 0.29) is 18.6 Å². The van der Waals surface area contributed by atoms with E-state index in [2.05, 4.69) is 5.32 Å². The molecule has 0 bridgehead atoms. The lowest BCUT2D eigenvalue weighted by molar-refractivity contribution is -0.123. The summed E-state index contributed by atoms with van der Waals surface area (Å²) in [5.41, 5.74) is 1.34. The van der Waals surface area contributed by atoms with E-state index in [9.17, 15) is 9.90 Å². The molecule has 28 heavy (non-hydrogen) atoms. The second-order valence-electron chi connectivity index (χ2n) is 7.84. The van der Waals surface area contributed by atoms with Crippen LogP contribution in [0.4, 0.5) is 0 Å². The Labute approximate surface area is 165 Å². The van der Waals surface area contributed by atoms with Gasteiger partial charge >= 0.3 is 0 Å². The van der Waals surface area contributed by atoms with Gasteiger partial charge in [0.15, 0.2) is 11.5 Å². The summed E-state index contributed by atoms with van der Waals surface area (Å²) in [7, 11) is 0. The normalized spacial score (nSPS) is 18.5. The highest BCUT2D eigenvalue weighted by molar-refractivity contribution is 5.77. The van der Waals surface area contributed by atoms with Crippen molar-refractivity contribution in [2.45, 2.75) is 50.0 Å². The van der Waals surface area contributed by atoms with Crippen LogP contribution in [0.1, 0.15) is 55.6 Å². The van der Waals surface area contributed by atoms with Crippen molar-refractivity contribution in [2.75, 3.05) is 13.3 Å². The maximum absolute atomic E-state index is 12.7. The summed E-state index contributed by atoms with van der Waals surface area (Å²) in [4.78, 5) is 12.7. The zero-order valence-corrected chi connectivity index (χ0v) is 16.0. The van der Waals surface area contributed by atoms with Crippen LogP contribution < -0.4 is 14.8 Å². The highest BCUT2D eigenvalue weighted by atomic mass is 16.7. The van der Waals surface area contributed by atoms with E-state index in [0.29, 0.717) is 13.0 Å². The van der Waals surface area contributed by atoms with Gasteiger partial charge in [-0.05, 0) is 36.1 Å². The summed E-state index contributed by atoms with van der Waals surface area (Å²) in [5, 5.41) is 13.6. The molecule has 0 spiro atoms. The third-order valence-electron chi connectivity index (χ3n) is 5.79. The number of rotatable bonds is 6. The first kappa shape index (κ1) is 18.8. The van der Waals surface area contributed by atoms with Crippen LogP contribution in [-0.4, -0.2) is 30.0 Å². The lowest BCUT2D eigenvalue weighted by Crippen LogP contribution is -2.44. The second-order valence-corrected chi connectivity index (χ2v) is 7.84. The number of benzene rings is 2. The topological polar surface area (TPSA) is 67.8 Å². The van der Waals surface area contributed by atoms with E-state index < -0.39 is 5.60 Å². The fraction of sp³-hybridized carbons (Fsp3) is 0.435. The molecule has 2 aromatic carbocycles. The summed E-state index contributed by atoms with van der Waals surface area (Å²) in [5.74, 6) is 1.32. The van der Waals surface area contributed by atoms with Gasteiger partial charge in [-0.2, -0.15) is 0 Å². The monoisotopic (exact) mass is 381 g/mol. The Morgan fingerprint density at radius 3 is 2.54 bits per heavy atom. The summed E-state index contributed by atoms with van der Waals surface area (Å²) in [6.07, 6.45) is 5.05. The zero-order chi connectivity index (χ0) is 19.4. The molecular weight excluding hydrogens is 354 g/mol. The van der Waals surface area contributed by atoms with Gasteiger partial charge in [0.05, 0.1) is 5.60 Å². The van der Waals surface area contributed by atoms with Crippen molar-refractivity contribution in [1.82, 2.24) is 5.32 Å². The molecule has 1 heterocycles. The summed E-state index contributed by atoms with van der Waals surface area (Å²) >= 11 is 0. The Balaban J connectivity index is 1.49. The minimum Gasteiger partial charge on any atom is -0.454 e. The Morgan fingerprint density at radius 1 is 1.00 bits per heavy atom. The quantitative estimate of drug-likeness (QED) is 0.800. The van der Waals surface area contributed by atoms with E-state index in [1.807, 2.05) is 48.5 Å². The molecule has 0 unspecified atom stereocenters. The number of carbonyl (C=O) groups is 1. The van der Waals surface area contributed by atoms with Gasteiger partial charge in [0.2, 0.25) is 12.7 Å². The summed E-state index contributed by atoms with van der Waals surface area (Å²) < 4.78 is 10.9. The van der Waals surface area contributed by atoms with Gasteiger partial charge < -0.3 is 19.9 Å². The smallest absolute Gasteiger partial charge is 0.231 e. The largest absolute Gasteiger partial charge is 0.454 e. The number of aliphatic hydroxyl groups is 1. The highest BCUT2D eigenvalue weighted by Gasteiger charge is 2.30. The fourth-order valence-corrected chi connectivity index (χ4v) is 4.15. The third-order valence-corrected chi connectivity index (χ3v) is 5.79. The van der Waals surface area contributed by atoms with Crippen molar-refractivity contribution in [2.24, 2.45) is 0 Å². The van der Waals surface area contributed by atoms with Gasteiger partial charge in [-0.1, -0.05) is 55.7 Å². The van der Waals surface area contributed by atoms with Crippen molar-refractivity contribution in [3.8, 4) is 11.5 Å². The molecule has 5 nitrogen and oxygen atoms in total. The van der Waals surface area contributed by atoms with Gasteiger partial charge in [-0.3, -0.25) is 4.79 Å². The van der Waals surface area contributed by atoms with Gasteiger partial charge in [0, 0.05) is 18.9 Å². The van der Waals surface area contributed by atoms with E-state index >= 15 is 0 Å². The average molecular weight is 381 g/mol. The van der Waals surface area contributed by atoms with E-state index in [4.69, 9.17) is 9.47 Å². The number of nitrogens with one attached hydrogen (secondary N) is 1. The Hall–Kier alpha value is -2.53. The molecule has 2 N–H and O–H groups in total. The van der Waals surface area contributed by atoms with Crippen LogP contribution in [0, 0.1) is 0 Å². The number of fused-ring (bicyclic) bond motifs is 1. The molecule has 1 fully saturated rings. The standard InChI is InChI=1S/C23H27NO4/c25-22(24-15-23(26)11-5-2-6-12-23)14-19(17-7-3-1-4-8-17)18-9-10-20-21(13-18)28-16-27-20/h1,3-4,7-10,13,19,26H,2,5-6,11-12,14-16H2,(H,24,25)/t19-/m0/s1. The molecule has 0 saturated heterocycles. The van der Waals surface area contributed by atoms with Crippen molar-refractivity contribution in [3.63, 3.8) is 0 Å². The van der Waals surface area contributed by atoms with Crippen LogP contribution in [0.25, 0.3) is 0 Å². The first-order valence-electron chi connectivity index (χ1n) is 10.1. The lowest BCUT2D eigenvalue weighted by Gasteiger charge is -2.32. The van der Waals surface area contributed by atoms with Crippen LogP contribution in [-0.2, 0) is 4.79 Å². The van der Waals surface area contributed by atoms with Crippen molar-refractivity contribution >= 4 is 5.91 Å². The molecule has 1 atom stereocenters. The SMILES string of the molecule is O=C(C[C@@H](c1ccccc1)c1ccc2c(c1)OCO2)NCC1(O)CCCCC1. The molecule has 1 aliphatic carbocycles. The van der Waals surface area contributed by atoms with Crippen molar-refractivity contribution in [1.29, 1.82) is 0 Å². The minimum atomic E-state index is -0.755. The molecule has 0 aromatic heterocycles. The van der Waals surface area contributed by atoms with Crippen LogP contribution in [0.15, 0.2) is 48.5 Å². The predicted molar refractivity (Wildman–Crippen MR) is 107 cm³/mol. The average Bonchev–Trinajstić information content (AvgIpc) is 3.20. The molecule has 1 saturated carbocycles. The predicted octanol–water partition coefficient (Wildman–Crippen LogP) is 3.75. The molecule has 2 aromatic rings. The Morgan fingerprint density at radius 2 is 1.75 bits per heavy atom. The molecule has 148 valence electrons. The summed E-state index contributed by atoms with van der Waals surface area (Å²) in [6.45, 7) is 0.558. The molecule has 5 heteroatoms. The van der Waals surface area contributed by atoms with Crippen LogP contribution in [0.2, 0.25) is 0 Å². The van der Waals surface area contributed by atoms with Gasteiger partial charge in [0.25, 0.3) is 0 Å². The van der Waals surface area contributed by atoms with Crippen LogP contribution in [0.3, 0.4) is 0 Å². The van der Waals surface area contributed by atoms with Crippen LogP contribution >= 0.6 is 0 Å². The Bertz CT molecular complexity index is 815. The molecular formula is C23H27NO4. The maximum atomic E-state index is 12.7. The number of hydrogen-bond acceptors (Lipinski definition) is 4. The lowest BCUT2D eigenvalue weighted by atomic mass is 9.84. The Kier molecular flexibility index (Phi) is 5.53. The first-order chi connectivity index (χ1) is 13.6. The maximum Gasteiger partial charge on any atom is 0.231 e. The minimum absolute atomic E-state index is 0.0504. The third kappa shape index (κ3) is 4.30.